The number of ether oxygens (including phenoxy) is 1. The van der Waals surface area contributed by atoms with Crippen LogP contribution >= 0.6 is 0 Å². The summed E-state index contributed by atoms with van der Waals surface area (Å²) in [6.45, 7) is 9.06. The van der Waals surface area contributed by atoms with Gasteiger partial charge in [-0.3, -0.25) is 28.8 Å². The molecule has 0 aromatic carbocycles. The number of primary amides is 1. The second kappa shape index (κ2) is 18.3. The van der Waals surface area contributed by atoms with Crippen molar-refractivity contribution >= 4 is 41.4 Å². The molecule has 0 aromatic heterocycles. The van der Waals surface area contributed by atoms with Crippen molar-refractivity contribution < 1.29 is 38.3 Å². The summed E-state index contributed by atoms with van der Waals surface area (Å²) in [5.74, 6) is -4.54. The lowest BCUT2D eigenvalue weighted by molar-refractivity contribution is -0.143. The van der Waals surface area contributed by atoms with Gasteiger partial charge in [-0.25, -0.2) is 4.79 Å². The number of nitrogens with one attached hydrogen (secondary N) is 4. The van der Waals surface area contributed by atoms with E-state index in [9.17, 15) is 33.6 Å². The molecule has 1 saturated heterocycles. The van der Waals surface area contributed by atoms with Crippen molar-refractivity contribution in [2.75, 3.05) is 19.7 Å². The number of nitrogens with zero attached hydrogens (tertiary/aromatic N) is 1. The highest BCUT2D eigenvalue weighted by Crippen LogP contribution is 2.26. The average molecular weight is 637 g/mol. The van der Waals surface area contributed by atoms with Crippen molar-refractivity contribution in [2.24, 2.45) is 23.5 Å². The first-order chi connectivity index (χ1) is 21.3. The highest BCUT2D eigenvalue weighted by molar-refractivity contribution is 6.38. The van der Waals surface area contributed by atoms with Crippen LogP contribution in [0.5, 0.6) is 0 Å². The molecule has 0 spiro atoms. The first kappa shape index (κ1) is 37.5. The number of hydrogen-bond acceptors (Lipinski definition) is 8. The molecule has 254 valence electrons. The van der Waals surface area contributed by atoms with Gasteiger partial charge < -0.3 is 36.6 Å². The summed E-state index contributed by atoms with van der Waals surface area (Å²) in [6, 6.07) is -3.84. The molecule has 0 radical (unpaired) electrons. The first-order valence-corrected chi connectivity index (χ1v) is 16.2. The largest absolute Gasteiger partial charge is 0.449 e. The van der Waals surface area contributed by atoms with E-state index in [2.05, 4.69) is 21.3 Å². The molecule has 4 atom stereocenters. The minimum Gasteiger partial charge on any atom is -0.449 e. The van der Waals surface area contributed by atoms with Crippen molar-refractivity contribution in [3.8, 4) is 0 Å². The highest BCUT2D eigenvalue weighted by Gasteiger charge is 2.40. The molecule has 1 unspecified atom stereocenters. The molecule has 1 saturated carbocycles. The quantitative estimate of drug-likeness (QED) is 0.154. The molecule has 6 amide bonds. The van der Waals surface area contributed by atoms with Gasteiger partial charge in [-0.15, -0.1) is 0 Å². The summed E-state index contributed by atoms with van der Waals surface area (Å²) < 4.78 is 5.17. The van der Waals surface area contributed by atoms with E-state index in [1.165, 1.54) is 4.90 Å². The van der Waals surface area contributed by atoms with Gasteiger partial charge in [0.2, 0.25) is 29.4 Å². The van der Waals surface area contributed by atoms with Gasteiger partial charge in [0.15, 0.2) is 0 Å². The maximum Gasteiger partial charge on any atom is 0.407 e. The molecule has 14 heteroatoms. The van der Waals surface area contributed by atoms with Crippen molar-refractivity contribution in [2.45, 2.75) is 117 Å². The molecule has 2 fully saturated rings. The lowest BCUT2D eigenvalue weighted by Gasteiger charge is -2.31. The van der Waals surface area contributed by atoms with Gasteiger partial charge in [0.05, 0.1) is 19.2 Å². The highest BCUT2D eigenvalue weighted by atomic mass is 16.5. The topological polar surface area (TPSA) is 206 Å². The Kier molecular flexibility index (Phi) is 15.2. The van der Waals surface area contributed by atoms with E-state index in [-0.39, 0.29) is 37.3 Å². The summed E-state index contributed by atoms with van der Waals surface area (Å²) in [5, 5.41) is 10.1. The van der Waals surface area contributed by atoms with E-state index < -0.39 is 72.1 Å². The van der Waals surface area contributed by atoms with Crippen molar-refractivity contribution in [3.63, 3.8) is 0 Å². The van der Waals surface area contributed by atoms with Gasteiger partial charge in [0.25, 0.3) is 5.91 Å². The Balaban J connectivity index is 2.00. The lowest BCUT2D eigenvalue weighted by Crippen LogP contribution is -2.57. The Bertz CT molecular complexity index is 1070. The predicted molar refractivity (Wildman–Crippen MR) is 165 cm³/mol. The third kappa shape index (κ3) is 11.6. The van der Waals surface area contributed by atoms with Gasteiger partial charge in [-0.1, -0.05) is 60.3 Å². The maximum atomic E-state index is 13.5. The van der Waals surface area contributed by atoms with E-state index in [0.717, 1.165) is 32.1 Å². The van der Waals surface area contributed by atoms with Crippen LogP contribution < -0.4 is 27.0 Å². The standard InChI is InChI=1S/C31H52N6O8/c1-6-11-21(26(39)29(42)33-16-23(38)35-25(27(32)40)20-12-8-7-9-13-20)34-28(41)22-14-10-15-37(22)30(43)24(19(4)5)36-31(44)45-17-18(2)3/h18-22,24-25H,6-17H2,1-5H3,(H2,32,40)(H,33,42)(H,34,41)(H,35,38)(H,36,44)/t21?,22-,24-,25-/m0/s1. The Labute approximate surface area is 265 Å². The van der Waals surface area contributed by atoms with Crippen molar-refractivity contribution in [1.29, 1.82) is 0 Å². The fraction of sp³-hybridized carbons (Fsp3) is 0.774. The number of carbonyl (C=O) groups excluding carboxylic acids is 7. The Morgan fingerprint density at radius 1 is 0.889 bits per heavy atom. The molecule has 14 nitrogen and oxygen atoms in total. The molecule has 6 N–H and O–H groups in total. The minimum absolute atomic E-state index is 0.0750. The van der Waals surface area contributed by atoms with Crippen LogP contribution in [-0.2, 0) is 33.5 Å². The van der Waals surface area contributed by atoms with Gasteiger partial charge in [-0.2, -0.15) is 0 Å². The van der Waals surface area contributed by atoms with Gasteiger partial charge in [0.1, 0.15) is 18.1 Å². The van der Waals surface area contributed by atoms with Gasteiger partial charge in [0, 0.05) is 6.54 Å². The number of rotatable bonds is 16. The van der Waals surface area contributed by atoms with Crippen LogP contribution in [0, 0.1) is 17.8 Å². The van der Waals surface area contributed by atoms with E-state index in [1.807, 2.05) is 13.8 Å². The Morgan fingerprint density at radius 3 is 2.13 bits per heavy atom. The third-order valence-electron chi connectivity index (χ3n) is 8.18. The fourth-order valence-electron chi connectivity index (χ4n) is 5.75. The smallest absolute Gasteiger partial charge is 0.407 e. The number of carbonyl (C=O) groups is 7. The monoisotopic (exact) mass is 636 g/mol. The van der Waals surface area contributed by atoms with Crippen molar-refractivity contribution in [1.82, 2.24) is 26.2 Å². The molecular weight excluding hydrogens is 584 g/mol. The zero-order chi connectivity index (χ0) is 33.7. The van der Waals surface area contributed by atoms with E-state index in [4.69, 9.17) is 10.5 Å². The Morgan fingerprint density at radius 2 is 1.56 bits per heavy atom. The van der Waals surface area contributed by atoms with Crippen LogP contribution in [0.3, 0.4) is 0 Å². The maximum absolute atomic E-state index is 13.5. The van der Waals surface area contributed by atoms with Crippen LogP contribution in [0.15, 0.2) is 0 Å². The number of hydrogen-bond donors (Lipinski definition) is 5. The summed E-state index contributed by atoms with van der Waals surface area (Å²) in [5.41, 5.74) is 5.51. The SMILES string of the molecule is CCCC(NC(=O)[C@@H]1CCCN1C(=O)[C@@H](NC(=O)OCC(C)C)C(C)C)C(=O)C(=O)NCC(=O)N[C@H](C(N)=O)C1CCCCC1. The Hall–Kier alpha value is -3.71. The fourth-order valence-corrected chi connectivity index (χ4v) is 5.75. The number of Topliss-reactive ketones (excluding diaryl/α,β-unsaturated/α-hetero) is 1. The predicted octanol–water partition coefficient (Wildman–Crippen LogP) is 0.905. The van der Waals surface area contributed by atoms with Gasteiger partial charge in [-0.05, 0) is 49.9 Å². The molecule has 1 aliphatic carbocycles. The van der Waals surface area contributed by atoms with Crippen molar-refractivity contribution in [3.05, 3.63) is 0 Å². The molecule has 45 heavy (non-hydrogen) atoms. The van der Waals surface area contributed by atoms with Crippen LogP contribution in [-0.4, -0.2) is 90.2 Å². The molecule has 1 aliphatic heterocycles. The zero-order valence-corrected chi connectivity index (χ0v) is 27.3. The normalized spacial score (nSPS) is 18.9. The summed E-state index contributed by atoms with van der Waals surface area (Å²) in [4.78, 5) is 90.8. The van der Waals surface area contributed by atoms with Crippen LogP contribution in [0.25, 0.3) is 0 Å². The molecule has 1 heterocycles. The average Bonchev–Trinajstić information content (AvgIpc) is 3.50. The number of nitrogens with two attached hydrogens (primary N) is 1. The minimum atomic E-state index is -1.17. The molecule has 0 bridgehead atoms. The second-order valence-corrected chi connectivity index (χ2v) is 12.8. The number of ketones is 1. The molecular formula is C31H52N6O8. The summed E-state index contributed by atoms with van der Waals surface area (Å²) >= 11 is 0. The van der Waals surface area contributed by atoms with E-state index in [1.54, 1.807) is 20.8 Å². The molecule has 0 aromatic rings. The van der Waals surface area contributed by atoms with Crippen LogP contribution in [0.1, 0.15) is 92.4 Å². The molecule has 2 rings (SSSR count). The van der Waals surface area contributed by atoms with Crippen LogP contribution in [0.4, 0.5) is 4.79 Å². The lowest BCUT2D eigenvalue weighted by atomic mass is 9.83. The summed E-state index contributed by atoms with van der Waals surface area (Å²) in [6.07, 6.45) is 5.27. The number of amides is 6. The molecule has 2 aliphatic rings. The third-order valence-corrected chi connectivity index (χ3v) is 8.18. The number of likely N-dealkylation sites (tertiary alicyclic amines) is 1. The zero-order valence-electron chi connectivity index (χ0n) is 27.3. The summed E-state index contributed by atoms with van der Waals surface area (Å²) in [7, 11) is 0. The first-order valence-electron chi connectivity index (χ1n) is 16.2. The number of alkyl carbamates (subject to hydrolysis) is 1. The second-order valence-electron chi connectivity index (χ2n) is 12.8. The van der Waals surface area contributed by atoms with E-state index >= 15 is 0 Å². The van der Waals surface area contributed by atoms with Gasteiger partial charge >= 0.3 is 6.09 Å². The van der Waals surface area contributed by atoms with Crippen LogP contribution in [0.2, 0.25) is 0 Å². The van der Waals surface area contributed by atoms with E-state index in [0.29, 0.717) is 19.3 Å².